The Hall–Kier alpha value is -1.95. The number of nitrogens with zero attached hydrogens (tertiary/aromatic N) is 2. The molecule has 0 aliphatic carbocycles. The molecule has 0 aliphatic rings. The third-order valence-corrected chi connectivity index (χ3v) is 2.67. The van der Waals surface area contributed by atoms with Gasteiger partial charge in [-0.3, -0.25) is 0 Å². The Labute approximate surface area is 112 Å². The van der Waals surface area contributed by atoms with Crippen molar-refractivity contribution in [3.05, 3.63) is 57.5 Å². The Bertz CT molecular complexity index is 561. The van der Waals surface area contributed by atoms with E-state index in [1.807, 2.05) is 30.3 Å². The van der Waals surface area contributed by atoms with E-state index in [0.29, 0.717) is 11.2 Å². The summed E-state index contributed by atoms with van der Waals surface area (Å²) in [6.07, 6.45) is 0. The van der Waals surface area contributed by atoms with Gasteiger partial charge in [-0.1, -0.05) is 30.3 Å². The minimum Gasteiger partial charge on any atom is -0.481 e. The third kappa shape index (κ3) is 3.04. The van der Waals surface area contributed by atoms with Gasteiger partial charge >= 0.3 is 5.82 Å². The van der Waals surface area contributed by atoms with E-state index >= 15 is 0 Å². The van der Waals surface area contributed by atoms with Crippen LogP contribution < -0.4 is 4.74 Å². The molecular formula is C12H10BrN2O3+. The molecular weight excluding hydrogens is 300 g/mol. The molecule has 0 radical (unpaired) electrons. The molecule has 1 N–H and O–H groups in total. The fourth-order valence-corrected chi connectivity index (χ4v) is 1.70. The van der Waals surface area contributed by atoms with Gasteiger partial charge in [0.05, 0.1) is 0 Å². The molecule has 0 saturated carbocycles. The molecule has 0 bridgehead atoms. The summed E-state index contributed by atoms with van der Waals surface area (Å²) < 4.78 is 5.90. The first-order chi connectivity index (χ1) is 8.66. The van der Waals surface area contributed by atoms with Gasteiger partial charge in [0.2, 0.25) is 10.4 Å². The lowest BCUT2D eigenvalue weighted by atomic mass is 10.2. The zero-order valence-corrected chi connectivity index (χ0v) is 10.9. The second kappa shape index (κ2) is 5.59. The van der Waals surface area contributed by atoms with Gasteiger partial charge in [0.1, 0.15) is 6.61 Å². The van der Waals surface area contributed by atoms with Crippen LogP contribution in [0.25, 0.3) is 0 Å². The van der Waals surface area contributed by atoms with Crippen LogP contribution >= 0.6 is 15.9 Å². The fourth-order valence-electron chi connectivity index (χ4n) is 1.40. The molecule has 5 nitrogen and oxygen atoms in total. The third-order valence-electron chi connectivity index (χ3n) is 2.22. The summed E-state index contributed by atoms with van der Waals surface area (Å²) in [6, 6.07) is 12.7. The van der Waals surface area contributed by atoms with E-state index in [0.717, 1.165) is 5.56 Å². The summed E-state index contributed by atoms with van der Waals surface area (Å²) >= 11 is 3.12. The number of ether oxygens (including phenoxy) is 1. The predicted molar refractivity (Wildman–Crippen MR) is 67.8 cm³/mol. The van der Waals surface area contributed by atoms with Gasteiger partial charge in [-0.15, -0.1) is 0 Å². The van der Waals surface area contributed by atoms with E-state index in [1.54, 1.807) is 12.1 Å². The van der Waals surface area contributed by atoms with Gasteiger partial charge in [0.15, 0.2) is 4.92 Å². The zero-order valence-electron chi connectivity index (χ0n) is 9.28. The predicted octanol–water partition coefficient (Wildman–Crippen LogP) is 3.22. The van der Waals surface area contributed by atoms with Crippen molar-refractivity contribution in [2.75, 3.05) is 0 Å². The van der Waals surface area contributed by atoms with Crippen LogP contribution in [0.15, 0.2) is 47.1 Å². The van der Waals surface area contributed by atoms with Gasteiger partial charge in [0.25, 0.3) is 0 Å². The maximum atomic E-state index is 10.9. The molecule has 18 heavy (non-hydrogen) atoms. The molecule has 0 spiro atoms. The van der Waals surface area contributed by atoms with Crippen molar-refractivity contribution in [1.82, 2.24) is 4.98 Å². The lowest BCUT2D eigenvalue weighted by Crippen LogP contribution is -2.02. The molecule has 1 aromatic carbocycles. The van der Waals surface area contributed by atoms with Gasteiger partial charge in [0, 0.05) is 22.0 Å². The molecule has 92 valence electrons. The average molecular weight is 310 g/mol. The van der Waals surface area contributed by atoms with Crippen LogP contribution in [0, 0.1) is 4.91 Å². The Morgan fingerprint density at radius 2 is 1.94 bits per heavy atom. The molecule has 0 aliphatic heterocycles. The van der Waals surface area contributed by atoms with Crippen molar-refractivity contribution in [2.45, 2.75) is 6.61 Å². The molecule has 2 rings (SSSR count). The molecule has 0 saturated heterocycles. The summed E-state index contributed by atoms with van der Waals surface area (Å²) in [6.45, 7) is 0.297. The van der Waals surface area contributed by atoms with Crippen LogP contribution in [0.1, 0.15) is 5.56 Å². The van der Waals surface area contributed by atoms with Crippen molar-refractivity contribution in [3.8, 4) is 5.75 Å². The second-order valence-corrected chi connectivity index (χ2v) is 4.32. The lowest BCUT2D eigenvalue weighted by molar-refractivity contribution is -0.732. The number of benzene rings is 1. The molecule has 0 atom stereocenters. The molecule has 0 amide bonds. The van der Waals surface area contributed by atoms with Crippen molar-refractivity contribution in [2.24, 2.45) is 0 Å². The summed E-state index contributed by atoms with van der Waals surface area (Å²) in [5, 5.41) is 8.94. The fraction of sp³-hybridized carbons (Fsp3) is 0.0833. The lowest BCUT2D eigenvalue weighted by Gasteiger charge is -2.04. The highest BCUT2D eigenvalue weighted by molar-refractivity contribution is 9.10. The van der Waals surface area contributed by atoms with Crippen LogP contribution in [0.3, 0.4) is 0 Å². The van der Waals surface area contributed by atoms with Crippen LogP contribution in [-0.4, -0.2) is 15.1 Å². The highest BCUT2D eigenvalue weighted by Gasteiger charge is 2.22. The molecule has 1 heterocycles. The minimum absolute atomic E-state index is 0.180. The maximum Gasteiger partial charge on any atom is 0.451 e. The SMILES string of the molecule is O=[N+](O)c1nc(Br)ccc1OCc1ccccc1. The van der Waals surface area contributed by atoms with Crippen molar-refractivity contribution in [1.29, 1.82) is 0 Å². The average Bonchev–Trinajstić information content (AvgIpc) is 2.38. The quantitative estimate of drug-likeness (QED) is 0.696. The van der Waals surface area contributed by atoms with E-state index in [9.17, 15) is 4.91 Å². The van der Waals surface area contributed by atoms with Crippen LogP contribution in [0.4, 0.5) is 5.82 Å². The monoisotopic (exact) mass is 309 g/mol. The van der Waals surface area contributed by atoms with Crippen molar-refractivity contribution < 1.29 is 14.9 Å². The van der Waals surface area contributed by atoms with Gasteiger partial charge in [-0.25, -0.2) is 0 Å². The van der Waals surface area contributed by atoms with Gasteiger partial charge in [-0.2, -0.15) is 0 Å². The highest BCUT2D eigenvalue weighted by atomic mass is 79.9. The highest BCUT2D eigenvalue weighted by Crippen LogP contribution is 2.26. The molecule has 2 aromatic rings. The van der Waals surface area contributed by atoms with E-state index < -0.39 is 0 Å². The molecule has 1 aromatic heterocycles. The van der Waals surface area contributed by atoms with Crippen molar-refractivity contribution in [3.63, 3.8) is 0 Å². The largest absolute Gasteiger partial charge is 0.481 e. The van der Waals surface area contributed by atoms with E-state index in [2.05, 4.69) is 20.9 Å². The minimum atomic E-state index is -0.314. The Balaban J connectivity index is 2.17. The zero-order chi connectivity index (χ0) is 13.0. The topological polar surface area (TPSA) is 62.4 Å². The summed E-state index contributed by atoms with van der Waals surface area (Å²) in [7, 11) is 0. The number of aromatic nitrogens is 1. The van der Waals surface area contributed by atoms with Crippen LogP contribution in [0.5, 0.6) is 5.75 Å². The standard InChI is InChI=1S/C12H10BrN2O3/c13-11-7-6-10(12(14-11)15(16)17)18-8-9-4-2-1-3-5-9/h1-7H,8H2,(H,16,17)/q+1. The first kappa shape index (κ1) is 12.5. The van der Waals surface area contributed by atoms with E-state index in [-0.39, 0.29) is 16.5 Å². The van der Waals surface area contributed by atoms with Gasteiger partial charge in [-0.05, 0) is 21.5 Å². The van der Waals surface area contributed by atoms with Crippen LogP contribution in [0.2, 0.25) is 0 Å². The number of pyridine rings is 1. The summed E-state index contributed by atoms with van der Waals surface area (Å²) in [4.78, 5) is 14.5. The first-order valence-corrected chi connectivity index (χ1v) is 5.95. The number of halogens is 1. The number of hydrogen-bond donors (Lipinski definition) is 1. The van der Waals surface area contributed by atoms with E-state index in [4.69, 9.17) is 9.94 Å². The normalized spacial score (nSPS) is 10.1. The first-order valence-electron chi connectivity index (χ1n) is 5.16. The van der Waals surface area contributed by atoms with Crippen molar-refractivity contribution >= 4 is 21.7 Å². The molecule has 6 heteroatoms. The number of hydrogen-bond acceptors (Lipinski definition) is 3. The molecule has 0 unspecified atom stereocenters. The van der Waals surface area contributed by atoms with Gasteiger partial charge < -0.3 is 9.94 Å². The Morgan fingerprint density at radius 3 is 2.61 bits per heavy atom. The molecule has 0 fully saturated rings. The van der Waals surface area contributed by atoms with E-state index in [1.165, 1.54) is 0 Å². The van der Waals surface area contributed by atoms with Crippen LogP contribution in [-0.2, 0) is 6.61 Å². The number of rotatable bonds is 4. The maximum absolute atomic E-state index is 10.9. The summed E-state index contributed by atoms with van der Waals surface area (Å²) in [5.74, 6) is 0.0415. The summed E-state index contributed by atoms with van der Waals surface area (Å²) in [5.41, 5.74) is 0.960. The smallest absolute Gasteiger partial charge is 0.451 e. The Morgan fingerprint density at radius 1 is 1.22 bits per heavy atom. The second-order valence-electron chi connectivity index (χ2n) is 3.50. The Kier molecular flexibility index (Phi) is 3.88.